The lowest BCUT2D eigenvalue weighted by Crippen LogP contribution is -2.64. The molecular formula is C114H86B2N4O. The third kappa shape index (κ3) is 11.7. The molecule has 2 aliphatic carbocycles. The summed E-state index contributed by atoms with van der Waals surface area (Å²) in [7, 11) is 0. The molecule has 17 aromatic rings. The summed E-state index contributed by atoms with van der Waals surface area (Å²) < 4.78 is 8.34. The molecule has 2 saturated heterocycles. The van der Waals surface area contributed by atoms with Crippen molar-refractivity contribution in [3.8, 4) is 112 Å². The first-order chi connectivity index (χ1) is 59.8. The maximum Gasteiger partial charge on any atom is 0.256 e. The number of fused-ring (bicyclic) bond motifs is 8. The molecule has 2 saturated carbocycles. The SMILES string of the molecule is CC(C)c1cc2c3c(c1)N(c1c(-c4ccccc4)cc(-c4ccccc4)cc1-c1ccccc1)c1cc4c(cc1B3c1ccccc1N2c1c(-c2ccccc2)cc(-c2ccccc2)cc1-c1ccccc1)B1c2ccccc2N(c2c(-c3ccccc3)cc(-c3ccccc3)cc2-c2ccccc2)c2cc(N3C5CC6CC(C5)CC3C6)cc(c21)O4. The molecule has 5 nitrogen and oxygen atoms in total. The van der Waals surface area contributed by atoms with E-state index in [2.05, 4.69) is 428 Å². The number of hydrogen-bond acceptors (Lipinski definition) is 5. The first-order valence-electron chi connectivity index (χ1n) is 43.4. The van der Waals surface area contributed by atoms with Gasteiger partial charge in [-0.05, 0) is 222 Å². The average molecular weight is 1550 g/mol. The van der Waals surface area contributed by atoms with Crippen LogP contribution in [0.2, 0.25) is 0 Å². The van der Waals surface area contributed by atoms with Gasteiger partial charge in [-0.2, -0.15) is 0 Å². The average Bonchev–Trinajstić information content (AvgIpc) is 0.680. The molecule has 8 aliphatic rings. The summed E-state index contributed by atoms with van der Waals surface area (Å²) in [6, 6.07) is 150. The molecule has 0 unspecified atom stereocenters. The van der Waals surface area contributed by atoms with Crippen molar-refractivity contribution >= 4 is 103 Å². The fourth-order valence-electron chi connectivity index (χ4n) is 22.3. The van der Waals surface area contributed by atoms with E-state index >= 15 is 0 Å². The number of hydrogen-bond donors (Lipinski definition) is 0. The molecule has 121 heavy (non-hydrogen) atoms. The second-order valence-electron chi connectivity index (χ2n) is 34.7. The van der Waals surface area contributed by atoms with Crippen LogP contribution < -0.4 is 57.1 Å². The number of anilines is 10. The Hall–Kier alpha value is -14.1. The highest BCUT2D eigenvalue weighted by Gasteiger charge is 2.52. The van der Waals surface area contributed by atoms with E-state index < -0.39 is 0 Å². The van der Waals surface area contributed by atoms with Gasteiger partial charge in [-0.25, -0.2) is 0 Å². The Bertz CT molecular complexity index is 6700. The van der Waals surface area contributed by atoms with Gasteiger partial charge in [0.1, 0.15) is 11.5 Å². The Labute approximate surface area is 709 Å². The van der Waals surface area contributed by atoms with Gasteiger partial charge < -0.3 is 24.3 Å². The van der Waals surface area contributed by atoms with E-state index in [1.54, 1.807) is 0 Å². The Morgan fingerprint density at radius 2 is 0.554 bits per heavy atom. The molecule has 0 spiro atoms. The number of nitrogens with zero attached hydrogens (tertiary/aromatic N) is 4. The smallest absolute Gasteiger partial charge is 0.256 e. The van der Waals surface area contributed by atoms with Gasteiger partial charge in [-0.1, -0.05) is 329 Å². The lowest BCUT2D eigenvalue weighted by Gasteiger charge is -2.57. The molecule has 574 valence electrons. The molecule has 0 aromatic heterocycles. The number of rotatable bonds is 14. The number of para-hydroxylation sites is 2. The van der Waals surface area contributed by atoms with Gasteiger partial charge in [0.2, 0.25) is 0 Å². The van der Waals surface area contributed by atoms with E-state index in [0.717, 1.165) is 163 Å². The highest BCUT2D eigenvalue weighted by molar-refractivity contribution is 7.02. The molecule has 6 aliphatic heterocycles. The normalized spacial score (nSPS) is 16.6. The van der Waals surface area contributed by atoms with Gasteiger partial charge in [-0.15, -0.1) is 0 Å². The zero-order valence-corrected chi connectivity index (χ0v) is 67.8. The van der Waals surface area contributed by atoms with Crippen molar-refractivity contribution in [2.24, 2.45) is 11.8 Å². The minimum Gasteiger partial charge on any atom is -0.458 e. The summed E-state index contributed by atoms with van der Waals surface area (Å²) in [5.74, 6) is 3.43. The number of benzene rings is 17. The second kappa shape index (κ2) is 28.9. The van der Waals surface area contributed by atoms with E-state index in [0.29, 0.717) is 12.1 Å². The maximum absolute atomic E-state index is 8.34. The van der Waals surface area contributed by atoms with Gasteiger partial charge in [0.05, 0.1) is 17.1 Å². The largest absolute Gasteiger partial charge is 0.458 e. The van der Waals surface area contributed by atoms with E-state index in [4.69, 9.17) is 4.74 Å². The molecule has 4 bridgehead atoms. The maximum atomic E-state index is 8.34. The van der Waals surface area contributed by atoms with Gasteiger partial charge in [-0.3, -0.25) is 0 Å². The zero-order chi connectivity index (χ0) is 79.9. The van der Waals surface area contributed by atoms with Crippen LogP contribution in [-0.4, -0.2) is 25.5 Å². The molecule has 17 aromatic carbocycles. The zero-order valence-electron chi connectivity index (χ0n) is 67.8. The highest BCUT2D eigenvalue weighted by atomic mass is 16.5. The van der Waals surface area contributed by atoms with Crippen molar-refractivity contribution in [3.05, 3.63) is 400 Å². The summed E-state index contributed by atoms with van der Waals surface area (Å²) in [6.45, 7) is 4.22. The summed E-state index contributed by atoms with van der Waals surface area (Å²) >= 11 is 0. The Morgan fingerprint density at radius 1 is 0.248 bits per heavy atom. The van der Waals surface area contributed by atoms with Gasteiger partial charge in [0.15, 0.2) is 0 Å². The summed E-state index contributed by atoms with van der Waals surface area (Å²) in [5.41, 5.74) is 40.6. The van der Waals surface area contributed by atoms with Gasteiger partial charge in [0, 0.05) is 97.4 Å². The van der Waals surface area contributed by atoms with Crippen molar-refractivity contribution in [1.29, 1.82) is 0 Å². The number of ether oxygens (including phenoxy) is 1. The topological polar surface area (TPSA) is 22.2 Å². The van der Waals surface area contributed by atoms with Crippen molar-refractivity contribution in [1.82, 2.24) is 0 Å². The van der Waals surface area contributed by atoms with Crippen molar-refractivity contribution in [2.75, 3.05) is 19.6 Å². The van der Waals surface area contributed by atoms with Crippen LogP contribution in [0.15, 0.2) is 394 Å². The Balaban J connectivity index is 0.818. The van der Waals surface area contributed by atoms with Crippen LogP contribution in [0.5, 0.6) is 11.5 Å². The molecule has 6 heterocycles. The fourth-order valence-corrected chi connectivity index (χ4v) is 22.3. The molecule has 4 fully saturated rings. The lowest BCUT2D eigenvalue weighted by molar-refractivity contribution is 0.0900. The monoisotopic (exact) mass is 1550 g/mol. The van der Waals surface area contributed by atoms with Crippen LogP contribution >= 0.6 is 0 Å². The molecule has 7 heteroatoms. The minimum atomic E-state index is -0.281. The highest BCUT2D eigenvalue weighted by Crippen LogP contribution is 2.59. The summed E-state index contributed by atoms with van der Waals surface area (Å²) in [4.78, 5) is 11.0. The van der Waals surface area contributed by atoms with Crippen LogP contribution in [0.4, 0.5) is 56.9 Å². The van der Waals surface area contributed by atoms with E-state index in [9.17, 15) is 0 Å². The fraction of sp³-hybridized carbons (Fsp3) is 0.105. The second-order valence-corrected chi connectivity index (χ2v) is 34.7. The Morgan fingerprint density at radius 3 is 0.901 bits per heavy atom. The third-order valence-electron chi connectivity index (χ3n) is 27.5. The number of piperidine rings is 2. The van der Waals surface area contributed by atoms with Crippen LogP contribution in [0.25, 0.3) is 100 Å². The predicted molar refractivity (Wildman–Crippen MR) is 509 cm³/mol. The van der Waals surface area contributed by atoms with Crippen LogP contribution in [0.1, 0.15) is 57.4 Å². The van der Waals surface area contributed by atoms with Gasteiger partial charge in [0.25, 0.3) is 13.4 Å². The molecule has 0 amide bonds. The van der Waals surface area contributed by atoms with Crippen molar-refractivity contribution < 1.29 is 4.74 Å². The molecule has 25 rings (SSSR count). The summed E-state index contributed by atoms with van der Waals surface area (Å²) in [5, 5.41) is 0. The van der Waals surface area contributed by atoms with E-state index in [1.165, 1.54) is 87.4 Å². The molecule has 0 radical (unpaired) electrons. The van der Waals surface area contributed by atoms with Crippen LogP contribution in [-0.2, 0) is 0 Å². The summed E-state index contributed by atoms with van der Waals surface area (Å²) in [6.07, 6.45) is 6.28. The van der Waals surface area contributed by atoms with Crippen LogP contribution in [0, 0.1) is 11.8 Å². The first-order valence-corrected chi connectivity index (χ1v) is 43.4. The quantitative estimate of drug-likeness (QED) is 0.101. The van der Waals surface area contributed by atoms with Crippen molar-refractivity contribution in [2.45, 2.75) is 64.0 Å². The molecule has 0 N–H and O–H groups in total. The van der Waals surface area contributed by atoms with E-state index in [-0.39, 0.29) is 19.3 Å². The predicted octanol–water partition coefficient (Wildman–Crippen LogP) is 26.1. The molecular weight excluding hydrogens is 1460 g/mol. The first kappa shape index (κ1) is 71.0. The van der Waals surface area contributed by atoms with Gasteiger partial charge >= 0.3 is 0 Å². The third-order valence-corrected chi connectivity index (χ3v) is 27.5. The van der Waals surface area contributed by atoms with E-state index in [1.807, 2.05) is 0 Å². The standard InChI is InChI=1S/C114H86B2N4O/c1-73(2)85-67-105-110-106(68-85)120(114-96(83-48-26-10-27-49-83)65-88(78-38-16-5-17-39-78)66-97(114)84-50-28-11-29-51-84)104-72-108-101(71-100(104)115(110)98-52-30-32-54-102(98)118(105)112-92(79-40-18-6-19-41-79)61-86(76-34-12-3-13-35-76)62-93(112)80-42-20-7-21-43-80)116-99-53-31-33-55-103(99)119(107-69-91(70-109(121-108)111(107)116)117-89-57-74-56-75(59-89)60-90(117)58-74)113-94(81-44-22-8-23-45-81)63-87(77-36-14-4-15-37-77)64-95(113)82-46-24-9-25-47-82/h3-55,61-75,89-90H,56-60H2,1-2H3. The Kier molecular flexibility index (Phi) is 16.9. The van der Waals surface area contributed by atoms with Crippen LogP contribution in [0.3, 0.4) is 0 Å². The minimum absolute atomic E-state index is 0.116. The molecule has 0 atom stereocenters. The van der Waals surface area contributed by atoms with Crippen molar-refractivity contribution in [3.63, 3.8) is 0 Å². The lowest BCUT2D eigenvalue weighted by atomic mass is 9.30.